The van der Waals surface area contributed by atoms with E-state index >= 15 is 0 Å². The molecule has 0 spiro atoms. The highest BCUT2D eigenvalue weighted by atomic mass is 16.5. The Labute approximate surface area is 165 Å². The highest BCUT2D eigenvalue weighted by Gasteiger charge is 2.16. The summed E-state index contributed by atoms with van der Waals surface area (Å²) in [6.07, 6.45) is 1.39. The molecule has 6 heteroatoms. The van der Waals surface area contributed by atoms with Crippen LogP contribution in [0.1, 0.15) is 29.0 Å². The van der Waals surface area contributed by atoms with Crippen molar-refractivity contribution in [1.29, 1.82) is 0 Å². The molecule has 28 heavy (non-hydrogen) atoms. The smallest absolute Gasteiger partial charge is 0.183 e. The third-order valence-corrected chi connectivity index (χ3v) is 5.73. The maximum atomic E-state index is 12.6. The van der Waals surface area contributed by atoms with Crippen molar-refractivity contribution in [2.75, 3.05) is 32.8 Å². The lowest BCUT2D eigenvalue weighted by Gasteiger charge is -2.26. The van der Waals surface area contributed by atoms with E-state index in [1.165, 1.54) is 16.6 Å². The summed E-state index contributed by atoms with van der Waals surface area (Å²) in [7, 11) is 3.98. The second-order valence-corrected chi connectivity index (χ2v) is 7.64. The molecule has 1 aromatic carbocycles. The molecule has 3 heterocycles. The Bertz CT molecular complexity index is 996. The number of Topliss-reactive ketones (excluding diaryl/α,β-unsaturated/α-hetero) is 1. The van der Waals surface area contributed by atoms with Gasteiger partial charge in [0.25, 0.3) is 0 Å². The number of morpholine rings is 1. The molecular weight excluding hydrogens is 352 g/mol. The second kappa shape index (κ2) is 7.89. The number of hydrogen-bond acceptors (Lipinski definition) is 4. The lowest BCUT2D eigenvalue weighted by molar-refractivity contribution is 0.0371. The van der Waals surface area contributed by atoms with Gasteiger partial charge in [-0.1, -0.05) is 6.07 Å². The van der Waals surface area contributed by atoms with Crippen molar-refractivity contribution in [1.82, 2.24) is 19.2 Å². The monoisotopic (exact) mass is 380 g/mol. The second-order valence-electron chi connectivity index (χ2n) is 7.64. The summed E-state index contributed by atoms with van der Waals surface area (Å²) in [6, 6.07) is 10.5. The van der Waals surface area contributed by atoms with E-state index in [1.807, 2.05) is 17.8 Å². The minimum absolute atomic E-state index is 0.117. The van der Waals surface area contributed by atoms with Crippen LogP contribution in [0, 0.1) is 6.92 Å². The zero-order valence-electron chi connectivity index (χ0n) is 16.9. The Hall–Kier alpha value is -2.44. The van der Waals surface area contributed by atoms with Gasteiger partial charge in [-0.25, -0.2) is 0 Å². The summed E-state index contributed by atoms with van der Waals surface area (Å²) < 4.78 is 9.36. The van der Waals surface area contributed by atoms with E-state index in [1.54, 1.807) is 0 Å². The molecule has 0 unspecified atom stereocenters. The predicted octanol–water partition coefficient (Wildman–Crippen LogP) is 3.18. The quantitative estimate of drug-likeness (QED) is 0.617. The number of fused-ring (bicyclic) bond motifs is 1. The van der Waals surface area contributed by atoms with Gasteiger partial charge < -0.3 is 9.30 Å². The molecule has 1 aliphatic heterocycles. The van der Waals surface area contributed by atoms with Gasteiger partial charge in [0, 0.05) is 55.8 Å². The van der Waals surface area contributed by atoms with Crippen molar-refractivity contribution in [2.24, 2.45) is 14.1 Å². The number of hydrogen-bond donors (Lipinski definition) is 0. The van der Waals surface area contributed by atoms with Crippen molar-refractivity contribution in [3.05, 3.63) is 41.7 Å². The first-order valence-electron chi connectivity index (χ1n) is 9.97. The van der Waals surface area contributed by atoms with Gasteiger partial charge in [0.1, 0.15) is 5.69 Å². The van der Waals surface area contributed by atoms with Crippen molar-refractivity contribution in [3.63, 3.8) is 0 Å². The van der Waals surface area contributed by atoms with E-state index in [2.05, 4.69) is 52.8 Å². The van der Waals surface area contributed by atoms with Gasteiger partial charge in [-0.3, -0.25) is 14.4 Å². The van der Waals surface area contributed by atoms with Crippen LogP contribution in [0.4, 0.5) is 0 Å². The van der Waals surface area contributed by atoms with Gasteiger partial charge in [0.2, 0.25) is 0 Å². The molecule has 0 N–H and O–H groups in total. The summed E-state index contributed by atoms with van der Waals surface area (Å²) in [5, 5.41) is 5.69. The van der Waals surface area contributed by atoms with E-state index in [0.717, 1.165) is 50.5 Å². The molecule has 0 atom stereocenters. The van der Waals surface area contributed by atoms with E-state index in [0.29, 0.717) is 12.1 Å². The number of benzene rings is 1. The van der Waals surface area contributed by atoms with Gasteiger partial charge in [-0.05, 0) is 44.2 Å². The molecule has 148 valence electrons. The predicted molar refractivity (Wildman–Crippen MR) is 111 cm³/mol. The van der Waals surface area contributed by atoms with Crippen molar-refractivity contribution < 1.29 is 9.53 Å². The number of aromatic nitrogens is 3. The average Bonchev–Trinajstić information content (AvgIpc) is 3.22. The number of ketones is 1. The summed E-state index contributed by atoms with van der Waals surface area (Å²) in [5.74, 6) is 0.117. The van der Waals surface area contributed by atoms with Gasteiger partial charge in [0.15, 0.2) is 5.78 Å². The van der Waals surface area contributed by atoms with Gasteiger partial charge in [-0.15, -0.1) is 0 Å². The molecular formula is C22H28N4O2. The van der Waals surface area contributed by atoms with E-state index in [-0.39, 0.29) is 5.78 Å². The number of carbonyl (C=O) groups excluding carboxylic acids is 1. The normalized spacial score (nSPS) is 15.4. The molecule has 1 saturated heterocycles. The number of ether oxygens (including phenoxy) is 1. The lowest BCUT2D eigenvalue weighted by atomic mass is 10.1. The van der Waals surface area contributed by atoms with Crippen LogP contribution in [0.2, 0.25) is 0 Å². The first-order valence-corrected chi connectivity index (χ1v) is 9.97. The van der Waals surface area contributed by atoms with Crippen LogP contribution in [0.15, 0.2) is 30.3 Å². The molecule has 6 nitrogen and oxygen atoms in total. The Balaban J connectivity index is 1.46. The van der Waals surface area contributed by atoms with Crippen LogP contribution in [0.25, 0.3) is 22.2 Å². The first kappa shape index (κ1) is 18.9. The van der Waals surface area contributed by atoms with Crippen LogP contribution in [-0.4, -0.2) is 57.9 Å². The highest BCUT2D eigenvalue weighted by molar-refractivity contribution is 5.95. The Kier molecular flexibility index (Phi) is 5.33. The van der Waals surface area contributed by atoms with Gasteiger partial charge in [0.05, 0.1) is 18.9 Å². The fourth-order valence-corrected chi connectivity index (χ4v) is 3.94. The van der Waals surface area contributed by atoms with E-state index in [9.17, 15) is 4.79 Å². The van der Waals surface area contributed by atoms with E-state index < -0.39 is 0 Å². The first-order chi connectivity index (χ1) is 13.5. The minimum Gasteiger partial charge on any atom is -0.379 e. The zero-order valence-corrected chi connectivity index (χ0v) is 16.9. The van der Waals surface area contributed by atoms with Crippen LogP contribution in [0.3, 0.4) is 0 Å². The molecule has 4 rings (SSSR count). The fourth-order valence-electron chi connectivity index (χ4n) is 3.94. The van der Waals surface area contributed by atoms with Crippen molar-refractivity contribution in [2.45, 2.75) is 19.8 Å². The van der Waals surface area contributed by atoms with Gasteiger partial charge in [-0.2, -0.15) is 5.10 Å². The van der Waals surface area contributed by atoms with Crippen LogP contribution in [0.5, 0.6) is 0 Å². The van der Waals surface area contributed by atoms with Gasteiger partial charge >= 0.3 is 0 Å². The largest absolute Gasteiger partial charge is 0.379 e. The number of rotatable bonds is 6. The SMILES string of the molecule is Cc1cc2cc(-c3cc(C(=O)CCCN4CCOCC4)nn3C)ccc2n1C. The number of aryl methyl sites for hydroxylation is 3. The molecule has 1 aliphatic rings. The fraction of sp³-hybridized carbons (Fsp3) is 0.455. The lowest BCUT2D eigenvalue weighted by Crippen LogP contribution is -2.36. The molecule has 0 aliphatic carbocycles. The van der Waals surface area contributed by atoms with Crippen LogP contribution in [-0.2, 0) is 18.8 Å². The third kappa shape index (κ3) is 3.75. The molecule has 0 radical (unpaired) electrons. The zero-order chi connectivity index (χ0) is 19.7. The third-order valence-electron chi connectivity index (χ3n) is 5.73. The van der Waals surface area contributed by atoms with Crippen LogP contribution >= 0.6 is 0 Å². The molecule has 0 saturated carbocycles. The maximum Gasteiger partial charge on any atom is 0.183 e. The van der Waals surface area contributed by atoms with Crippen molar-refractivity contribution in [3.8, 4) is 11.3 Å². The highest BCUT2D eigenvalue weighted by Crippen LogP contribution is 2.27. The van der Waals surface area contributed by atoms with Crippen LogP contribution < -0.4 is 0 Å². The average molecular weight is 380 g/mol. The summed E-state index contributed by atoms with van der Waals surface area (Å²) in [4.78, 5) is 15.0. The minimum atomic E-state index is 0.117. The Morgan fingerprint density at radius 2 is 1.93 bits per heavy atom. The number of nitrogens with zero attached hydrogens (tertiary/aromatic N) is 4. The summed E-state index contributed by atoms with van der Waals surface area (Å²) in [5.41, 5.74) is 5.06. The molecule has 2 aromatic heterocycles. The molecule has 0 amide bonds. The molecule has 0 bridgehead atoms. The summed E-state index contributed by atoms with van der Waals surface area (Å²) >= 11 is 0. The Morgan fingerprint density at radius 3 is 2.71 bits per heavy atom. The standard InChI is InChI=1S/C22H28N4O2/c1-16-13-18-14-17(6-7-20(18)24(16)2)21-15-19(23-25(21)3)22(27)5-4-8-26-9-11-28-12-10-26/h6-7,13-15H,4-5,8-12H2,1-3H3. The maximum absolute atomic E-state index is 12.6. The Morgan fingerprint density at radius 1 is 1.14 bits per heavy atom. The van der Waals surface area contributed by atoms with Crippen molar-refractivity contribution >= 4 is 16.7 Å². The summed E-state index contributed by atoms with van der Waals surface area (Å²) in [6.45, 7) is 6.56. The topological polar surface area (TPSA) is 52.3 Å². The van der Waals surface area contributed by atoms with E-state index in [4.69, 9.17) is 4.74 Å². The molecule has 1 fully saturated rings. The number of carbonyl (C=O) groups is 1. The molecule has 3 aromatic rings.